The van der Waals surface area contributed by atoms with Crippen molar-refractivity contribution in [3.63, 3.8) is 0 Å². The molecule has 0 fully saturated rings. The predicted molar refractivity (Wildman–Crippen MR) is 83.4 cm³/mol. The Hall–Kier alpha value is -2.56. The summed E-state index contributed by atoms with van der Waals surface area (Å²) in [5, 5.41) is 0. The Kier molecular flexibility index (Phi) is 3.32. The van der Waals surface area contributed by atoms with E-state index >= 15 is 0 Å². The zero-order valence-electron chi connectivity index (χ0n) is 13.7. The van der Waals surface area contributed by atoms with Gasteiger partial charge in [-0.1, -0.05) is 45.0 Å². The minimum absolute atomic E-state index is 0.00927. The standard InChI is InChI=1S/C18H19N2O3/c1-18(2,3)13(21)9-20-10-19(4)14-15(20)17(23)12-8-6-5-7-11(12)16(14)22/h5-8,10H,9H2,1-4H3/q+1. The van der Waals surface area contributed by atoms with Crippen LogP contribution in [0.4, 0.5) is 0 Å². The van der Waals surface area contributed by atoms with Crippen LogP contribution in [0.25, 0.3) is 0 Å². The summed E-state index contributed by atoms with van der Waals surface area (Å²) in [4.78, 5) is 37.9. The van der Waals surface area contributed by atoms with Crippen LogP contribution in [0.15, 0.2) is 30.6 Å². The number of ketones is 3. The Bertz CT molecular complexity index is 854. The van der Waals surface area contributed by atoms with Crippen molar-refractivity contribution < 1.29 is 19.0 Å². The van der Waals surface area contributed by atoms with Crippen molar-refractivity contribution in [1.82, 2.24) is 4.57 Å². The first-order valence-electron chi connectivity index (χ1n) is 7.52. The number of fused-ring (bicyclic) bond motifs is 2. The number of carbonyl (C=O) groups excluding carboxylic acids is 3. The summed E-state index contributed by atoms with van der Waals surface area (Å²) in [7, 11) is 1.72. The molecule has 5 nitrogen and oxygen atoms in total. The van der Waals surface area contributed by atoms with Gasteiger partial charge in [-0.2, -0.15) is 0 Å². The lowest BCUT2D eigenvalue weighted by Gasteiger charge is -2.16. The molecule has 0 aliphatic heterocycles. The van der Waals surface area contributed by atoms with Crippen LogP contribution in [-0.4, -0.2) is 21.9 Å². The van der Waals surface area contributed by atoms with E-state index in [-0.39, 0.29) is 23.9 Å². The molecule has 0 amide bonds. The van der Waals surface area contributed by atoms with Crippen molar-refractivity contribution in [2.24, 2.45) is 12.5 Å². The third kappa shape index (κ3) is 2.32. The fourth-order valence-electron chi connectivity index (χ4n) is 2.78. The highest BCUT2D eigenvalue weighted by molar-refractivity contribution is 6.26. The van der Waals surface area contributed by atoms with Crippen LogP contribution in [0.3, 0.4) is 0 Å². The predicted octanol–water partition coefficient (Wildman–Crippen LogP) is 1.70. The highest BCUT2D eigenvalue weighted by atomic mass is 16.1. The van der Waals surface area contributed by atoms with Crippen LogP contribution < -0.4 is 4.57 Å². The first-order valence-corrected chi connectivity index (χ1v) is 7.52. The molecule has 1 aromatic carbocycles. The van der Waals surface area contributed by atoms with Crippen LogP contribution >= 0.6 is 0 Å². The van der Waals surface area contributed by atoms with E-state index in [0.29, 0.717) is 22.5 Å². The van der Waals surface area contributed by atoms with E-state index in [9.17, 15) is 14.4 Å². The van der Waals surface area contributed by atoms with E-state index in [1.54, 1.807) is 46.8 Å². The first-order chi connectivity index (χ1) is 10.7. The van der Waals surface area contributed by atoms with Crippen molar-refractivity contribution in [2.75, 3.05) is 0 Å². The lowest BCUT2D eigenvalue weighted by molar-refractivity contribution is -0.672. The van der Waals surface area contributed by atoms with Gasteiger partial charge in [0.2, 0.25) is 29.3 Å². The van der Waals surface area contributed by atoms with Gasteiger partial charge in [-0.25, -0.2) is 9.13 Å². The Labute approximate surface area is 134 Å². The summed E-state index contributed by atoms with van der Waals surface area (Å²) in [5.41, 5.74) is 0.952. The number of imidazole rings is 1. The van der Waals surface area contributed by atoms with Crippen molar-refractivity contribution in [3.05, 3.63) is 53.1 Å². The van der Waals surface area contributed by atoms with E-state index in [4.69, 9.17) is 0 Å². The van der Waals surface area contributed by atoms with Crippen LogP contribution in [0, 0.1) is 5.41 Å². The number of nitrogens with zero attached hydrogens (tertiary/aromatic N) is 2. The first kappa shape index (κ1) is 15.3. The van der Waals surface area contributed by atoms with Gasteiger partial charge in [-0.3, -0.25) is 14.4 Å². The number of benzene rings is 1. The minimum Gasteiger partial charge on any atom is -0.295 e. The molecule has 0 bridgehead atoms. The molecule has 1 aliphatic rings. The molecule has 0 N–H and O–H groups in total. The van der Waals surface area contributed by atoms with Gasteiger partial charge < -0.3 is 0 Å². The third-order valence-corrected chi connectivity index (χ3v) is 4.17. The molecule has 1 aromatic heterocycles. The van der Waals surface area contributed by atoms with Gasteiger partial charge >= 0.3 is 0 Å². The molecule has 0 radical (unpaired) electrons. The molecule has 0 spiro atoms. The van der Waals surface area contributed by atoms with Gasteiger partial charge in [-0.05, 0) is 0 Å². The number of Topliss-reactive ketones (excluding diaryl/α,β-unsaturated/α-hetero) is 1. The van der Waals surface area contributed by atoms with Crippen LogP contribution in [-0.2, 0) is 18.4 Å². The number of rotatable bonds is 2. The molecular weight excluding hydrogens is 292 g/mol. The lowest BCUT2D eigenvalue weighted by Crippen LogP contribution is -2.36. The normalized spacial score (nSPS) is 13.7. The van der Waals surface area contributed by atoms with Gasteiger partial charge in [0.25, 0.3) is 0 Å². The second-order valence-electron chi connectivity index (χ2n) is 6.93. The number of hydrogen-bond acceptors (Lipinski definition) is 3. The zero-order chi connectivity index (χ0) is 16.9. The number of carbonyl (C=O) groups is 3. The van der Waals surface area contributed by atoms with E-state index < -0.39 is 5.41 Å². The molecule has 3 rings (SSSR count). The smallest absolute Gasteiger partial charge is 0.245 e. The van der Waals surface area contributed by atoms with Crippen LogP contribution in [0.5, 0.6) is 0 Å². The minimum atomic E-state index is -0.505. The fraction of sp³-hybridized carbons (Fsp3) is 0.333. The Morgan fingerprint density at radius 2 is 1.65 bits per heavy atom. The zero-order valence-corrected chi connectivity index (χ0v) is 13.7. The lowest BCUT2D eigenvalue weighted by atomic mass is 9.89. The summed E-state index contributed by atoms with van der Waals surface area (Å²) in [6.07, 6.45) is 1.65. The van der Waals surface area contributed by atoms with Gasteiger partial charge in [0.1, 0.15) is 6.54 Å². The highest BCUT2D eigenvalue weighted by Crippen LogP contribution is 2.26. The van der Waals surface area contributed by atoms with Gasteiger partial charge in [-0.15, -0.1) is 0 Å². The van der Waals surface area contributed by atoms with Crippen LogP contribution in [0.2, 0.25) is 0 Å². The summed E-state index contributed by atoms with van der Waals surface area (Å²) in [6, 6.07) is 6.80. The monoisotopic (exact) mass is 311 g/mol. The number of aromatic nitrogens is 2. The maximum absolute atomic E-state index is 12.8. The summed E-state index contributed by atoms with van der Waals surface area (Å²) in [6.45, 7) is 5.60. The molecule has 0 saturated carbocycles. The number of hydrogen-bond donors (Lipinski definition) is 0. The Morgan fingerprint density at radius 1 is 1.09 bits per heavy atom. The molecule has 0 unspecified atom stereocenters. The van der Waals surface area contributed by atoms with E-state index in [1.807, 2.05) is 20.8 Å². The molecule has 5 heteroatoms. The molecule has 1 heterocycles. The molecule has 118 valence electrons. The maximum Gasteiger partial charge on any atom is 0.245 e. The SMILES string of the molecule is C[n+]1cn(CC(=O)C(C)(C)C)c2c1C(=O)c1ccccc1C2=O. The molecule has 1 aliphatic carbocycles. The van der Waals surface area contributed by atoms with Crippen molar-refractivity contribution in [1.29, 1.82) is 0 Å². The molecular formula is C18H19N2O3+. The van der Waals surface area contributed by atoms with Crippen molar-refractivity contribution in [3.8, 4) is 0 Å². The summed E-state index contributed by atoms with van der Waals surface area (Å²) < 4.78 is 3.22. The fourth-order valence-corrected chi connectivity index (χ4v) is 2.78. The quantitative estimate of drug-likeness (QED) is 0.677. The third-order valence-electron chi connectivity index (χ3n) is 4.17. The Balaban J connectivity index is 2.14. The maximum atomic E-state index is 12.8. The molecule has 0 atom stereocenters. The largest absolute Gasteiger partial charge is 0.295 e. The average Bonchev–Trinajstić information content (AvgIpc) is 2.80. The van der Waals surface area contributed by atoms with Gasteiger partial charge in [0.05, 0.1) is 7.05 Å². The topological polar surface area (TPSA) is 60.0 Å². The van der Waals surface area contributed by atoms with E-state index in [1.165, 1.54) is 0 Å². The van der Waals surface area contributed by atoms with E-state index in [2.05, 4.69) is 0 Å². The van der Waals surface area contributed by atoms with E-state index in [0.717, 1.165) is 0 Å². The summed E-state index contributed by atoms with van der Waals surface area (Å²) in [5.74, 6) is -0.382. The Morgan fingerprint density at radius 3 is 2.22 bits per heavy atom. The van der Waals surface area contributed by atoms with Gasteiger partial charge in [0.15, 0.2) is 5.78 Å². The second-order valence-corrected chi connectivity index (χ2v) is 6.93. The molecule has 23 heavy (non-hydrogen) atoms. The molecule has 0 saturated heterocycles. The van der Waals surface area contributed by atoms with Crippen molar-refractivity contribution >= 4 is 17.3 Å². The number of aryl methyl sites for hydroxylation is 1. The van der Waals surface area contributed by atoms with Crippen LogP contribution in [0.1, 0.15) is 52.9 Å². The molecule has 2 aromatic rings. The van der Waals surface area contributed by atoms with Crippen molar-refractivity contribution in [2.45, 2.75) is 27.3 Å². The highest BCUT2D eigenvalue weighted by Gasteiger charge is 2.41. The second kappa shape index (κ2) is 4.98. The van der Waals surface area contributed by atoms with Gasteiger partial charge in [0, 0.05) is 16.5 Å². The average molecular weight is 311 g/mol. The summed E-state index contributed by atoms with van der Waals surface area (Å²) >= 11 is 0.